The Morgan fingerprint density at radius 3 is 1.80 bits per heavy atom. The first-order valence-electron chi connectivity index (χ1n) is 9.63. The molecule has 0 atom stereocenters. The Morgan fingerprint density at radius 2 is 1.16 bits per heavy atom. The van der Waals surface area contributed by atoms with Crippen LogP contribution in [0.5, 0.6) is 0 Å². The van der Waals surface area contributed by atoms with Crippen LogP contribution in [0.1, 0.15) is 41.5 Å². The molecule has 0 saturated heterocycles. The monoisotopic (exact) mass is 326 g/mol. The van der Waals surface area contributed by atoms with Crippen molar-refractivity contribution in [2.75, 3.05) is 0 Å². The van der Waals surface area contributed by atoms with Gasteiger partial charge in [0.2, 0.25) is 0 Å². The number of benzene rings is 3. The molecule has 0 aliphatic heterocycles. The average molecular weight is 326 g/mol. The normalized spacial score (nSPS) is 12.5. The summed E-state index contributed by atoms with van der Waals surface area (Å²) in [5.74, 6) is 0. The van der Waals surface area contributed by atoms with Gasteiger partial charge in [-0.3, -0.25) is 0 Å². The molecule has 3 aromatic carbocycles. The molecule has 25 heavy (non-hydrogen) atoms. The average Bonchev–Trinajstić information content (AvgIpc) is 2.64. The third kappa shape index (κ3) is 4.02. The van der Waals surface area contributed by atoms with Gasteiger partial charge < -0.3 is 0 Å². The van der Waals surface area contributed by atoms with Crippen LogP contribution in [0.15, 0.2) is 72.8 Å². The van der Waals surface area contributed by atoms with Crippen LogP contribution in [-0.4, -0.2) is 0 Å². The van der Waals surface area contributed by atoms with Gasteiger partial charge in [-0.2, -0.15) is 0 Å². The van der Waals surface area contributed by atoms with Crippen molar-refractivity contribution >= 4 is 0 Å². The predicted molar refractivity (Wildman–Crippen MR) is 107 cm³/mol. The number of rotatable bonds is 7. The van der Waals surface area contributed by atoms with Crippen molar-refractivity contribution in [1.29, 1.82) is 0 Å². The lowest BCUT2D eigenvalue weighted by molar-refractivity contribution is 0.678. The van der Waals surface area contributed by atoms with Crippen LogP contribution in [0, 0.1) is 0 Å². The summed E-state index contributed by atoms with van der Waals surface area (Å²) in [7, 11) is 0. The first-order valence-corrected chi connectivity index (χ1v) is 9.63. The molecule has 4 rings (SSSR count). The van der Waals surface area contributed by atoms with Gasteiger partial charge in [-0.25, -0.2) is 0 Å². The van der Waals surface area contributed by atoms with E-state index in [1.165, 1.54) is 72.8 Å². The van der Waals surface area contributed by atoms with Gasteiger partial charge in [-0.1, -0.05) is 79.2 Å². The molecule has 0 heteroatoms. The van der Waals surface area contributed by atoms with Gasteiger partial charge in [0, 0.05) is 0 Å². The van der Waals surface area contributed by atoms with Crippen LogP contribution in [0.4, 0.5) is 0 Å². The van der Waals surface area contributed by atoms with Gasteiger partial charge >= 0.3 is 0 Å². The van der Waals surface area contributed by atoms with E-state index in [0.717, 1.165) is 0 Å². The van der Waals surface area contributed by atoms with Gasteiger partial charge in [0.05, 0.1) is 0 Å². The Balaban J connectivity index is 1.25. The number of aryl methyl sites for hydroxylation is 4. The van der Waals surface area contributed by atoms with Crippen LogP contribution in [0.25, 0.3) is 11.1 Å². The highest BCUT2D eigenvalue weighted by Gasteiger charge is 2.13. The zero-order chi connectivity index (χ0) is 16.9. The minimum atomic E-state index is 1.19. The molecule has 1 aliphatic rings. The topological polar surface area (TPSA) is 0 Å². The molecule has 126 valence electrons. The minimum Gasteiger partial charge on any atom is -0.0622 e. The van der Waals surface area contributed by atoms with Crippen LogP contribution >= 0.6 is 0 Å². The maximum atomic E-state index is 2.37. The maximum absolute atomic E-state index is 2.37. The van der Waals surface area contributed by atoms with E-state index < -0.39 is 0 Å². The van der Waals surface area contributed by atoms with Crippen molar-refractivity contribution < 1.29 is 0 Å². The first-order chi connectivity index (χ1) is 12.4. The van der Waals surface area contributed by atoms with Gasteiger partial charge in [0.25, 0.3) is 0 Å². The highest BCUT2D eigenvalue weighted by Crippen LogP contribution is 2.29. The molecule has 0 radical (unpaired) electrons. The molecule has 0 aromatic heterocycles. The van der Waals surface area contributed by atoms with Crippen LogP contribution in [-0.2, 0) is 25.7 Å². The van der Waals surface area contributed by atoms with Crippen molar-refractivity contribution in [2.24, 2.45) is 0 Å². The van der Waals surface area contributed by atoms with Crippen molar-refractivity contribution in [2.45, 2.75) is 44.9 Å². The van der Waals surface area contributed by atoms with Crippen molar-refractivity contribution in [3.63, 3.8) is 0 Å². The molecule has 0 amide bonds. The molecule has 0 fully saturated rings. The van der Waals surface area contributed by atoms with Crippen molar-refractivity contribution in [3.05, 3.63) is 95.1 Å². The van der Waals surface area contributed by atoms with E-state index in [0.29, 0.717) is 0 Å². The lowest BCUT2D eigenvalue weighted by Gasteiger charge is -2.19. The summed E-state index contributed by atoms with van der Waals surface area (Å²) in [6.45, 7) is 0. The number of unbranched alkanes of at least 4 members (excludes halogenated alkanes) is 2. The van der Waals surface area contributed by atoms with E-state index in [9.17, 15) is 0 Å². The molecule has 0 spiro atoms. The summed E-state index contributed by atoms with van der Waals surface area (Å²) in [4.78, 5) is 0. The van der Waals surface area contributed by atoms with Gasteiger partial charge in [0.1, 0.15) is 0 Å². The van der Waals surface area contributed by atoms with E-state index in [-0.39, 0.29) is 0 Å². The summed E-state index contributed by atoms with van der Waals surface area (Å²) >= 11 is 0. The summed E-state index contributed by atoms with van der Waals surface area (Å²) in [6.07, 6.45) is 8.80. The summed E-state index contributed by atoms with van der Waals surface area (Å²) in [5, 5.41) is 0. The minimum absolute atomic E-state index is 1.19. The van der Waals surface area contributed by atoms with Crippen LogP contribution < -0.4 is 0 Å². The fourth-order valence-electron chi connectivity index (χ4n) is 3.72. The maximum Gasteiger partial charge on any atom is -0.0181 e. The standard InChI is InChI=1S/C25H26/c1-3-7-20(8-4-1)9-5-2-6-10-21-11-13-22(14-12-21)24-17-15-23-16-18-25(23)19-24/h1,3-4,7-8,11-15,17,19H,2,5-6,9-10,16,18H2. The Bertz CT molecular complexity index is 812. The number of hydrogen-bond acceptors (Lipinski definition) is 0. The third-order valence-corrected chi connectivity index (χ3v) is 5.43. The molecular weight excluding hydrogens is 300 g/mol. The Hall–Kier alpha value is -2.34. The van der Waals surface area contributed by atoms with Crippen LogP contribution in [0.3, 0.4) is 0 Å². The van der Waals surface area contributed by atoms with Crippen molar-refractivity contribution in [3.8, 4) is 11.1 Å². The van der Waals surface area contributed by atoms with Crippen molar-refractivity contribution in [1.82, 2.24) is 0 Å². The zero-order valence-electron chi connectivity index (χ0n) is 14.9. The number of fused-ring (bicyclic) bond motifs is 1. The molecule has 0 nitrogen and oxygen atoms in total. The predicted octanol–water partition coefficient (Wildman–Crippen LogP) is 6.41. The fraction of sp³-hybridized carbons (Fsp3) is 0.280. The largest absolute Gasteiger partial charge is 0.0622 e. The quantitative estimate of drug-likeness (QED) is 0.440. The van der Waals surface area contributed by atoms with Gasteiger partial charge in [-0.15, -0.1) is 0 Å². The Labute approximate surface area is 151 Å². The van der Waals surface area contributed by atoms with E-state index in [1.807, 2.05) is 0 Å². The van der Waals surface area contributed by atoms with Gasteiger partial charge in [-0.05, 0) is 71.9 Å². The summed E-state index contributed by atoms with van der Waals surface area (Å²) in [6, 6.07) is 27.0. The summed E-state index contributed by atoms with van der Waals surface area (Å²) in [5.41, 5.74) is 8.73. The van der Waals surface area contributed by atoms with E-state index in [2.05, 4.69) is 72.8 Å². The molecule has 3 aromatic rings. The molecular formula is C25H26. The van der Waals surface area contributed by atoms with Crippen LogP contribution in [0.2, 0.25) is 0 Å². The fourth-order valence-corrected chi connectivity index (χ4v) is 3.72. The Kier molecular flexibility index (Phi) is 4.97. The second kappa shape index (κ2) is 7.70. The lowest BCUT2D eigenvalue weighted by atomic mass is 9.86. The number of hydrogen-bond donors (Lipinski definition) is 0. The van der Waals surface area contributed by atoms with E-state index >= 15 is 0 Å². The molecule has 0 bridgehead atoms. The summed E-state index contributed by atoms with van der Waals surface area (Å²) < 4.78 is 0. The lowest BCUT2D eigenvalue weighted by Crippen LogP contribution is -2.07. The SMILES string of the molecule is c1ccc(CCCCCc2ccc(-c3ccc4c(c3)CC4)cc2)cc1. The zero-order valence-corrected chi connectivity index (χ0v) is 14.9. The first kappa shape index (κ1) is 16.1. The van der Waals surface area contributed by atoms with E-state index in [4.69, 9.17) is 0 Å². The molecule has 0 saturated carbocycles. The molecule has 1 aliphatic carbocycles. The highest BCUT2D eigenvalue weighted by atomic mass is 14.2. The van der Waals surface area contributed by atoms with Gasteiger partial charge in [0.15, 0.2) is 0 Å². The van der Waals surface area contributed by atoms with E-state index in [1.54, 1.807) is 5.56 Å². The molecule has 0 heterocycles. The highest BCUT2D eigenvalue weighted by molar-refractivity contribution is 5.66. The third-order valence-electron chi connectivity index (χ3n) is 5.43. The second-order valence-corrected chi connectivity index (χ2v) is 7.23. The molecule has 0 N–H and O–H groups in total. The second-order valence-electron chi connectivity index (χ2n) is 7.23. The smallest absolute Gasteiger partial charge is 0.0181 e. The Morgan fingerprint density at radius 1 is 0.520 bits per heavy atom. The molecule has 0 unspecified atom stereocenters.